The lowest BCUT2D eigenvalue weighted by molar-refractivity contribution is 0.0173. The molecule has 3 rings (SSSR count). The lowest BCUT2D eigenvalue weighted by atomic mass is 10.2. The third-order valence-electron chi connectivity index (χ3n) is 2.45. The largest absolute Gasteiger partial charge is 0.297 e. The summed E-state index contributed by atoms with van der Waals surface area (Å²) in [6, 6.07) is 0. The van der Waals surface area contributed by atoms with Gasteiger partial charge in [-0.3, -0.25) is 9.80 Å². The molecule has 4 heteroatoms. The van der Waals surface area contributed by atoms with Gasteiger partial charge in [-0.2, -0.15) is 4.99 Å². The van der Waals surface area contributed by atoms with Gasteiger partial charge in [-0.15, -0.1) is 0 Å². The highest BCUT2D eigenvalue weighted by Gasteiger charge is 2.31. The Morgan fingerprint density at radius 1 is 1.27 bits per heavy atom. The van der Waals surface area contributed by atoms with Crippen molar-refractivity contribution in [3.05, 3.63) is 0 Å². The Labute approximate surface area is 65.5 Å². The van der Waals surface area contributed by atoms with Crippen LogP contribution in [0.25, 0.3) is 0 Å². The van der Waals surface area contributed by atoms with Crippen LogP contribution in [-0.4, -0.2) is 54.8 Å². The Balaban J connectivity index is 2.08. The van der Waals surface area contributed by atoms with Crippen molar-refractivity contribution in [3.63, 3.8) is 0 Å². The predicted molar refractivity (Wildman–Crippen MR) is 39.9 cm³/mol. The van der Waals surface area contributed by atoms with E-state index in [0.29, 0.717) is 0 Å². The van der Waals surface area contributed by atoms with Gasteiger partial charge in [0.1, 0.15) is 6.17 Å². The fraction of sp³-hybridized carbons (Fsp3) is 0.857. The minimum Gasteiger partial charge on any atom is -0.297 e. The third kappa shape index (κ3) is 1.20. The van der Waals surface area contributed by atoms with Crippen molar-refractivity contribution >= 4 is 6.08 Å². The molecule has 0 amide bonds. The highest BCUT2D eigenvalue weighted by molar-refractivity contribution is 5.33. The van der Waals surface area contributed by atoms with Crippen LogP contribution in [0.5, 0.6) is 0 Å². The molecular formula is C7H11N3O. The molecule has 0 radical (unpaired) electrons. The second kappa shape index (κ2) is 2.74. The standard InChI is InChI=1S/C7H11N3O/c11-6-8-7-5-9-1-3-10(7)4-2-9/h7H,1-5H2. The molecule has 3 fully saturated rings. The van der Waals surface area contributed by atoms with Crippen LogP contribution in [0.2, 0.25) is 0 Å². The van der Waals surface area contributed by atoms with E-state index in [2.05, 4.69) is 14.8 Å². The zero-order valence-corrected chi connectivity index (χ0v) is 6.36. The zero-order valence-electron chi connectivity index (χ0n) is 6.36. The van der Waals surface area contributed by atoms with Crippen molar-refractivity contribution < 1.29 is 4.79 Å². The van der Waals surface area contributed by atoms with Crippen molar-refractivity contribution in [2.24, 2.45) is 4.99 Å². The monoisotopic (exact) mass is 153 g/mol. The average Bonchev–Trinajstić information content (AvgIpc) is 2.07. The van der Waals surface area contributed by atoms with Crippen LogP contribution >= 0.6 is 0 Å². The number of fused-ring (bicyclic) bond motifs is 3. The van der Waals surface area contributed by atoms with Gasteiger partial charge in [-0.25, -0.2) is 4.79 Å². The van der Waals surface area contributed by atoms with Crippen LogP contribution in [0.15, 0.2) is 4.99 Å². The first-order chi connectivity index (χ1) is 5.40. The van der Waals surface area contributed by atoms with Crippen LogP contribution in [-0.2, 0) is 4.79 Å². The van der Waals surface area contributed by atoms with Gasteiger partial charge in [-0.05, 0) is 0 Å². The third-order valence-corrected chi connectivity index (χ3v) is 2.45. The Morgan fingerprint density at radius 2 is 2.00 bits per heavy atom. The quantitative estimate of drug-likeness (QED) is 0.368. The lowest BCUT2D eigenvalue weighted by Crippen LogP contribution is -2.60. The molecule has 0 saturated carbocycles. The van der Waals surface area contributed by atoms with Gasteiger partial charge in [-0.1, -0.05) is 0 Å². The fourth-order valence-electron chi connectivity index (χ4n) is 1.77. The van der Waals surface area contributed by atoms with E-state index in [-0.39, 0.29) is 6.17 Å². The minimum atomic E-state index is 0.0926. The second-order valence-electron chi connectivity index (χ2n) is 3.04. The maximum absolute atomic E-state index is 10.0. The van der Waals surface area contributed by atoms with Crippen LogP contribution < -0.4 is 0 Å². The van der Waals surface area contributed by atoms with Gasteiger partial charge < -0.3 is 0 Å². The van der Waals surface area contributed by atoms with E-state index in [0.717, 1.165) is 32.7 Å². The van der Waals surface area contributed by atoms with Crippen molar-refractivity contribution in [2.45, 2.75) is 6.17 Å². The summed E-state index contributed by atoms with van der Waals surface area (Å²) in [6.07, 6.45) is 1.72. The summed E-state index contributed by atoms with van der Waals surface area (Å²) in [5.74, 6) is 0. The molecule has 60 valence electrons. The molecule has 3 saturated heterocycles. The number of nitrogens with zero attached hydrogens (tertiary/aromatic N) is 3. The summed E-state index contributed by atoms with van der Waals surface area (Å²) in [5, 5.41) is 0. The smallest absolute Gasteiger partial charge is 0.236 e. The molecular weight excluding hydrogens is 142 g/mol. The average molecular weight is 153 g/mol. The molecule has 3 heterocycles. The molecule has 11 heavy (non-hydrogen) atoms. The summed E-state index contributed by atoms with van der Waals surface area (Å²) in [6.45, 7) is 5.27. The first-order valence-corrected chi connectivity index (χ1v) is 3.93. The normalized spacial score (nSPS) is 41.6. The molecule has 1 atom stereocenters. The van der Waals surface area contributed by atoms with Gasteiger partial charge in [0.05, 0.1) is 0 Å². The SMILES string of the molecule is O=C=NC1CN2CCN1CC2. The van der Waals surface area contributed by atoms with E-state index in [4.69, 9.17) is 0 Å². The summed E-state index contributed by atoms with van der Waals surface area (Å²) >= 11 is 0. The van der Waals surface area contributed by atoms with E-state index in [1.165, 1.54) is 0 Å². The van der Waals surface area contributed by atoms with Crippen LogP contribution in [0.4, 0.5) is 0 Å². The molecule has 1 unspecified atom stereocenters. The predicted octanol–water partition coefficient (Wildman–Crippen LogP) is -0.720. The molecule has 0 aromatic rings. The summed E-state index contributed by atoms with van der Waals surface area (Å²) in [7, 11) is 0. The molecule has 0 aromatic heterocycles. The molecule has 2 bridgehead atoms. The Hall–Kier alpha value is -0.700. The number of aliphatic imine (C=N–C) groups is 1. The zero-order chi connectivity index (χ0) is 7.68. The first-order valence-electron chi connectivity index (χ1n) is 3.93. The number of isocyanates is 1. The summed E-state index contributed by atoms with van der Waals surface area (Å²) in [5.41, 5.74) is 0. The van der Waals surface area contributed by atoms with Crippen LogP contribution in [0.3, 0.4) is 0 Å². The molecule has 3 aliphatic rings. The van der Waals surface area contributed by atoms with E-state index >= 15 is 0 Å². The van der Waals surface area contributed by atoms with Crippen molar-refractivity contribution in [2.75, 3.05) is 32.7 Å². The van der Waals surface area contributed by atoms with E-state index in [1.54, 1.807) is 6.08 Å². The fourth-order valence-corrected chi connectivity index (χ4v) is 1.77. The van der Waals surface area contributed by atoms with Gasteiger partial charge in [0, 0.05) is 32.7 Å². The summed E-state index contributed by atoms with van der Waals surface area (Å²) in [4.78, 5) is 18.3. The van der Waals surface area contributed by atoms with Gasteiger partial charge in [0.25, 0.3) is 0 Å². The number of hydrogen-bond acceptors (Lipinski definition) is 4. The van der Waals surface area contributed by atoms with E-state index < -0.39 is 0 Å². The topological polar surface area (TPSA) is 35.9 Å². The molecule has 0 N–H and O–H groups in total. The second-order valence-corrected chi connectivity index (χ2v) is 3.04. The molecule has 3 aliphatic heterocycles. The molecule has 0 spiro atoms. The van der Waals surface area contributed by atoms with Crippen molar-refractivity contribution in [1.82, 2.24) is 9.80 Å². The van der Waals surface area contributed by atoms with Crippen molar-refractivity contribution in [3.8, 4) is 0 Å². The summed E-state index contributed by atoms with van der Waals surface area (Å²) < 4.78 is 0. The number of carbonyl (C=O) groups excluding carboxylic acids is 1. The molecule has 0 aromatic carbocycles. The Bertz CT molecular complexity index is 192. The number of hydrogen-bond donors (Lipinski definition) is 0. The maximum atomic E-state index is 10.0. The van der Waals surface area contributed by atoms with E-state index in [9.17, 15) is 4.79 Å². The van der Waals surface area contributed by atoms with Gasteiger partial charge >= 0.3 is 0 Å². The first kappa shape index (κ1) is 6.98. The van der Waals surface area contributed by atoms with Gasteiger partial charge in [0.2, 0.25) is 6.08 Å². The maximum Gasteiger partial charge on any atom is 0.236 e. The number of rotatable bonds is 1. The number of piperazine rings is 3. The Morgan fingerprint density at radius 3 is 2.45 bits per heavy atom. The molecule has 4 nitrogen and oxygen atoms in total. The molecule has 0 aliphatic carbocycles. The van der Waals surface area contributed by atoms with Crippen molar-refractivity contribution in [1.29, 1.82) is 0 Å². The van der Waals surface area contributed by atoms with Crippen LogP contribution in [0.1, 0.15) is 0 Å². The van der Waals surface area contributed by atoms with Crippen LogP contribution in [0, 0.1) is 0 Å². The van der Waals surface area contributed by atoms with E-state index in [1.807, 2.05) is 0 Å². The lowest BCUT2D eigenvalue weighted by Gasteiger charge is -2.44. The minimum absolute atomic E-state index is 0.0926. The Kier molecular flexibility index (Phi) is 1.74. The highest BCUT2D eigenvalue weighted by atomic mass is 16.1. The highest BCUT2D eigenvalue weighted by Crippen LogP contribution is 2.15. The van der Waals surface area contributed by atoms with Gasteiger partial charge in [0.15, 0.2) is 0 Å².